The molecule has 18 heavy (non-hydrogen) atoms. The van der Waals surface area contributed by atoms with Crippen LogP contribution in [0.4, 0.5) is 9.18 Å². The Morgan fingerprint density at radius 2 is 2.22 bits per heavy atom. The van der Waals surface area contributed by atoms with E-state index in [0.29, 0.717) is 13.1 Å². The van der Waals surface area contributed by atoms with E-state index >= 15 is 0 Å². The van der Waals surface area contributed by atoms with E-state index in [9.17, 15) is 9.18 Å². The van der Waals surface area contributed by atoms with Crippen LogP contribution in [0.3, 0.4) is 0 Å². The summed E-state index contributed by atoms with van der Waals surface area (Å²) in [4.78, 5) is 13.7. The SMILES string of the molecule is CC(C)(C)NC(=O)N[C@@H]1CCN(C[C@H](F)CN)C1. The molecule has 0 spiro atoms. The normalized spacial score (nSPS) is 22.8. The van der Waals surface area contributed by atoms with Crippen molar-refractivity contribution >= 4 is 6.03 Å². The maximum absolute atomic E-state index is 13.1. The molecule has 0 aromatic rings. The number of alkyl halides is 1. The van der Waals surface area contributed by atoms with Crippen LogP contribution in [-0.4, -0.2) is 54.9 Å². The smallest absolute Gasteiger partial charge is 0.315 e. The molecule has 1 heterocycles. The van der Waals surface area contributed by atoms with Crippen molar-refractivity contribution in [1.29, 1.82) is 0 Å². The average Bonchev–Trinajstić information content (AvgIpc) is 2.62. The highest BCUT2D eigenvalue weighted by atomic mass is 19.1. The molecule has 0 aromatic heterocycles. The lowest BCUT2D eigenvalue weighted by atomic mass is 10.1. The highest BCUT2D eigenvalue weighted by Gasteiger charge is 2.26. The van der Waals surface area contributed by atoms with Gasteiger partial charge in [0.1, 0.15) is 6.17 Å². The molecule has 5 nitrogen and oxygen atoms in total. The molecule has 0 aromatic carbocycles. The van der Waals surface area contributed by atoms with E-state index in [4.69, 9.17) is 5.73 Å². The van der Waals surface area contributed by atoms with E-state index in [1.54, 1.807) is 0 Å². The predicted molar refractivity (Wildman–Crippen MR) is 70.2 cm³/mol. The van der Waals surface area contributed by atoms with E-state index in [1.165, 1.54) is 0 Å². The van der Waals surface area contributed by atoms with Gasteiger partial charge < -0.3 is 16.4 Å². The number of amides is 2. The molecule has 4 N–H and O–H groups in total. The minimum atomic E-state index is -0.979. The van der Waals surface area contributed by atoms with Crippen LogP contribution in [0.1, 0.15) is 27.2 Å². The lowest BCUT2D eigenvalue weighted by molar-refractivity contribution is 0.216. The molecular formula is C12H25FN4O. The van der Waals surface area contributed by atoms with Crippen molar-refractivity contribution in [3.63, 3.8) is 0 Å². The van der Waals surface area contributed by atoms with Crippen LogP contribution in [0.5, 0.6) is 0 Å². The number of halogens is 1. The van der Waals surface area contributed by atoms with Crippen molar-refractivity contribution in [2.24, 2.45) is 5.73 Å². The summed E-state index contributed by atoms with van der Waals surface area (Å²) in [5.74, 6) is 0. The number of carbonyl (C=O) groups excluding carboxylic acids is 1. The molecular weight excluding hydrogens is 235 g/mol. The van der Waals surface area contributed by atoms with Gasteiger partial charge in [0.2, 0.25) is 0 Å². The van der Waals surface area contributed by atoms with E-state index in [0.717, 1.165) is 13.0 Å². The second-order valence-corrected chi connectivity index (χ2v) is 5.93. The molecule has 1 rings (SSSR count). The number of urea groups is 1. The lowest BCUT2D eigenvalue weighted by Crippen LogP contribution is -2.50. The molecule has 0 bridgehead atoms. The third kappa shape index (κ3) is 5.64. The third-order valence-corrected chi connectivity index (χ3v) is 2.81. The van der Waals surface area contributed by atoms with Gasteiger partial charge in [-0.25, -0.2) is 9.18 Å². The van der Waals surface area contributed by atoms with Crippen LogP contribution in [0.25, 0.3) is 0 Å². The zero-order valence-corrected chi connectivity index (χ0v) is 11.5. The number of rotatable bonds is 4. The fraction of sp³-hybridized carbons (Fsp3) is 0.917. The number of likely N-dealkylation sites (tertiary alicyclic amines) is 1. The summed E-state index contributed by atoms with van der Waals surface area (Å²) in [5, 5.41) is 5.76. The first-order chi connectivity index (χ1) is 8.30. The van der Waals surface area contributed by atoms with Gasteiger partial charge in [-0.15, -0.1) is 0 Å². The van der Waals surface area contributed by atoms with Crippen molar-refractivity contribution in [1.82, 2.24) is 15.5 Å². The molecule has 0 radical (unpaired) electrons. The van der Waals surface area contributed by atoms with Gasteiger partial charge in [0.15, 0.2) is 0 Å². The van der Waals surface area contributed by atoms with Crippen LogP contribution in [0, 0.1) is 0 Å². The van der Waals surface area contributed by atoms with Crippen molar-refractivity contribution in [3.8, 4) is 0 Å². The highest BCUT2D eigenvalue weighted by molar-refractivity contribution is 5.75. The van der Waals surface area contributed by atoms with Crippen molar-refractivity contribution in [2.45, 2.75) is 44.9 Å². The van der Waals surface area contributed by atoms with Gasteiger partial charge >= 0.3 is 6.03 Å². The topological polar surface area (TPSA) is 70.4 Å². The molecule has 0 unspecified atom stereocenters. The summed E-state index contributed by atoms with van der Waals surface area (Å²) in [6, 6.07) is -0.0673. The standard InChI is InChI=1S/C12H25FN4O/c1-12(2,3)16-11(18)15-10-4-5-17(8-10)7-9(13)6-14/h9-10H,4-8,14H2,1-3H3,(H2,15,16,18)/t9-,10-/m1/s1. The Kier molecular flexibility index (Phi) is 5.34. The molecule has 1 aliphatic rings. The summed E-state index contributed by atoms with van der Waals surface area (Å²) in [7, 11) is 0. The first kappa shape index (κ1) is 15.2. The number of nitrogens with two attached hydrogens (primary N) is 1. The van der Waals surface area contributed by atoms with Crippen molar-refractivity contribution < 1.29 is 9.18 Å². The monoisotopic (exact) mass is 260 g/mol. The Hall–Kier alpha value is -0.880. The predicted octanol–water partition coefficient (Wildman–Crippen LogP) is 0.455. The first-order valence-electron chi connectivity index (χ1n) is 6.45. The quantitative estimate of drug-likeness (QED) is 0.687. The van der Waals surface area contributed by atoms with Crippen molar-refractivity contribution in [3.05, 3.63) is 0 Å². The largest absolute Gasteiger partial charge is 0.334 e. The highest BCUT2D eigenvalue weighted by Crippen LogP contribution is 2.10. The summed E-state index contributed by atoms with van der Waals surface area (Å²) in [6.07, 6.45) is -0.123. The van der Waals surface area contributed by atoms with E-state index < -0.39 is 6.17 Å². The summed E-state index contributed by atoms with van der Waals surface area (Å²) in [6.45, 7) is 7.71. The fourth-order valence-electron chi connectivity index (χ4n) is 2.03. The Morgan fingerprint density at radius 1 is 1.56 bits per heavy atom. The van der Waals surface area contributed by atoms with Crippen LogP contribution >= 0.6 is 0 Å². The number of carbonyl (C=O) groups is 1. The maximum Gasteiger partial charge on any atom is 0.315 e. The second kappa shape index (κ2) is 6.33. The second-order valence-electron chi connectivity index (χ2n) is 5.93. The number of nitrogens with one attached hydrogen (secondary N) is 2. The maximum atomic E-state index is 13.1. The van der Waals surface area contributed by atoms with Crippen LogP contribution in [-0.2, 0) is 0 Å². The molecule has 1 fully saturated rings. The summed E-state index contributed by atoms with van der Waals surface area (Å²) >= 11 is 0. The summed E-state index contributed by atoms with van der Waals surface area (Å²) < 4.78 is 13.1. The average molecular weight is 260 g/mol. The fourth-order valence-corrected chi connectivity index (χ4v) is 2.03. The number of hydrogen-bond donors (Lipinski definition) is 3. The van der Waals surface area contributed by atoms with E-state index in [2.05, 4.69) is 10.6 Å². The Bertz CT molecular complexity index is 280. The first-order valence-corrected chi connectivity index (χ1v) is 6.45. The Morgan fingerprint density at radius 3 is 2.78 bits per heavy atom. The molecule has 6 heteroatoms. The van der Waals surface area contributed by atoms with E-state index in [-0.39, 0.29) is 24.2 Å². The van der Waals surface area contributed by atoms with Crippen LogP contribution in [0.15, 0.2) is 0 Å². The van der Waals surface area contributed by atoms with E-state index in [1.807, 2.05) is 25.7 Å². The van der Waals surface area contributed by atoms with Crippen LogP contribution in [0.2, 0.25) is 0 Å². The molecule has 2 atom stereocenters. The van der Waals surface area contributed by atoms with Gasteiger partial charge in [-0.2, -0.15) is 0 Å². The van der Waals surface area contributed by atoms with Gasteiger partial charge in [-0.05, 0) is 27.2 Å². The van der Waals surface area contributed by atoms with Gasteiger partial charge in [0.25, 0.3) is 0 Å². The van der Waals surface area contributed by atoms with Gasteiger partial charge in [0, 0.05) is 37.8 Å². The number of hydrogen-bond acceptors (Lipinski definition) is 3. The Balaban J connectivity index is 2.28. The minimum absolute atomic E-state index is 0.0547. The zero-order chi connectivity index (χ0) is 13.8. The molecule has 1 aliphatic heterocycles. The zero-order valence-electron chi connectivity index (χ0n) is 11.5. The van der Waals surface area contributed by atoms with Gasteiger partial charge in [-0.3, -0.25) is 4.90 Å². The molecule has 0 aliphatic carbocycles. The van der Waals surface area contributed by atoms with Gasteiger partial charge in [0.05, 0.1) is 0 Å². The number of nitrogens with zero attached hydrogens (tertiary/aromatic N) is 1. The van der Waals surface area contributed by atoms with Gasteiger partial charge in [-0.1, -0.05) is 0 Å². The molecule has 106 valence electrons. The summed E-state index contributed by atoms with van der Waals surface area (Å²) in [5.41, 5.74) is 5.01. The van der Waals surface area contributed by atoms with Crippen molar-refractivity contribution in [2.75, 3.05) is 26.2 Å². The Labute approximate surface area is 108 Å². The molecule has 1 saturated heterocycles. The third-order valence-electron chi connectivity index (χ3n) is 2.81. The molecule has 2 amide bonds. The minimum Gasteiger partial charge on any atom is -0.334 e. The van der Waals surface area contributed by atoms with Crippen LogP contribution < -0.4 is 16.4 Å². The molecule has 0 saturated carbocycles. The lowest BCUT2D eigenvalue weighted by Gasteiger charge is -2.23.